The quantitative estimate of drug-likeness (QED) is 0.134. The molecule has 62 heavy (non-hydrogen) atoms. The Hall–Kier alpha value is -5.94. The molecule has 4 heterocycles. The minimum absolute atomic E-state index is 0.254. The molecule has 306 valence electrons. The van der Waals surface area contributed by atoms with E-state index in [1.165, 1.54) is 135 Å². The van der Waals surface area contributed by atoms with Gasteiger partial charge in [0.2, 0.25) is 0 Å². The second-order valence-electron chi connectivity index (χ2n) is 18.3. The molecule has 0 saturated heterocycles. The molecule has 2 nitrogen and oxygen atoms in total. The summed E-state index contributed by atoms with van der Waals surface area (Å²) < 4.78 is 0. The average molecular weight is 841 g/mol. The van der Waals surface area contributed by atoms with Gasteiger partial charge in [0.05, 0.1) is 34.1 Å². The highest BCUT2D eigenvalue weighted by Gasteiger charge is 2.43. The molecule has 0 fully saturated rings. The average Bonchev–Trinajstić information content (AvgIpc) is 3.99. The van der Waals surface area contributed by atoms with Crippen LogP contribution < -0.4 is 9.80 Å². The zero-order valence-electron chi connectivity index (χ0n) is 36.3. The number of hydrogen-bond acceptors (Lipinski definition) is 4. The van der Waals surface area contributed by atoms with Crippen molar-refractivity contribution in [3.63, 3.8) is 0 Å². The molecule has 2 aromatic heterocycles. The van der Waals surface area contributed by atoms with Gasteiger partial charge < -0.3 is 9.80 Å². The third-order valence-corrected chi connectivity index (χ3v) is 16.2. The molecule has 0 N–H and O–H groups in total. The molecule has 2 aliphatic rings. The number of rotatable bonds is 9. The minimum atomic E-state index is -0.317. The molecule has 0 saturated carbocycles. The molecule has 9 aromatic rings. The van der Waals surface area contributed by atoms with Crippen molar-refractivity contribution in [2.45, 2.75) is 77.6 Å². The van der Waals surface area contributed by atoms with Crippen molar-refractivity contribution in [1.82, 2.24) is 0 Å². The number of benzene rings is 7. The van der Waals surface area contributed by atoms with Crippen molar-refractivity contribution in [1.29, 1.82) is 0 Å². The van der Waals surface area contributed by atoms with E-state index in [-0.39, 0.29) is 10.8 Å². The molecule has 4 heteroatoms. The Balaban J connectivity index is 1.10. The van der Waals surface area contributed by atoms with Crippen LogP contribution in [-0.4, -0.2) is 0 Å². The molecular formula is C58H52N2S2. The van der Waals surface area contributed by atoms with Crippen LogP contribution in [0.3, 0.4) is 0 Å². The summed E-state index contributed by atoms with van der Waals surface area (Å²) in [6, 6.07) is 62.0. The van der Waals surface area contributed by atoms with E-state index in [4.69, 9.17) is 0 Å². The molecular weight excluding hydrogens is 789 g/mol. The Morgan fingerprint density at radius 3 is 1.60 bits per heavy atom. The molecule has 0 unspecified atom stereocenters. The molecule has 11 rings (SSSR count). The molecule has 0 atom stereocenters. The maximum atomic E-state index is 2.58. The maximum absolute atomic E-state index is 2.58. The fourth-order valence-corrected chi connectivity index (χ4v) is 12.5. The van der Waals surface area contributed by atoms with E-state index in [1.807, 2.05) is 22.7 Å². The van der Waals surface area contributed by atoms with E-state index in [9.17, 15) is 0 Å². The summed E-state index contributed by atoms with van der Waals surface area (Å²) in [4.78, 5) is 10.7. The third kappa shape index (κ3) is 6.25. The number of hydrogen-bond donors (Lipinski definition) is 0. The second kappa shape index (κ2) is 15.1. The second-order valence-corrected chi connectivity index (χ2v) is 20.5. The van der Waals surface area contributed by atoms with E-state index >= 15 is 0 Å². The highest BCUT2D eigenvalue weighted by atomic mass is 32.1. The van der Waals surface area contributed by atoms with Crippen LogP contribution in [0.4, 0.5) is 34.1 Å². The van der Waals surface area contributed by atoms with Crippen molar-refractivity contribution >= 4 is 78.3 Å². The van der Waals surface area contributed by atoms with Gasteiger partial charge in [0.25, 0.3) is 0 Å². The molecule has 2 aliphatic heterocycles. The van der Waals surface area contributed by atoms with Crippen LogP contribution in [-0.2, 0) is 17.3 Å². The van der Waals surface area contributed by atoms with Crippen LogP contribution >= 0.6 is 22.7 Å². The van der Waals surface area contributed by atoms with Gasteiger partial charge in [-0.2, -0.15) is 0 Å². The van der Waals surface area contributed by atoms with Gasteiger partial charge in [0, 0.05) is 41.1 Å². The predicted molar refractivity (Wildman–Crippen MR) is 270 cm³/mol. The van der Waals surface area contributed by atoms with Crippen molar-refractivity contribution in [3.8, 4) is 20.2 Å². The number of para-hydroxylation sites is 1. The largest absolute Gasteiger partial charge is 0.309 e. The highest BCUT2D eigenvalue weighted by molar-refractivity contribution is 7.23. The summed E-state index contributed by atoms with van der Waals surface area (Å²) in [5.41, 5.74) is 13.4. The molecule has 0 aliphatic carbocycles. The normalized spacial score (nSPS) is 14.7. The predicted octanol–water partition coefficient (Wildman–Crippen LogP) is 17.8. The van der Waals surface area contributed by atoms with Gasteiger partial charge in [-0.25, -0.2) is 0 Å². The SMILES string of the molecule is CCCCCCc1ccc(-c2ccc(-c3ccc4c(c3)C(C)(C)c3cc5c(cc3N4c3cccc4ccccc34)C(C)(C)c3ccccc3N5c3cccc4ccccc34)s2)s1. The summed E-state index contributed by atoms with van der Waals surface area (Å²) in [6.07, 6.45) is 6.39. The van der Waals surface area contributed by atoms with Crippen molar-refractivity contribution in [2.24, 2.45) is 0 Å². The van der Waals surface area contributed by atoms with Crippen LogP contribution in [0.5, 0.6) is 0 Å². The number of anilines is 6. The number of thiophene rings is 2. The summed E-state index contributed by atoms with van der Waals surface area (Å²) in [6.45, 7) is 12.0. The van der Waals surface area contributed by atoms with Crippen LogP contribution in [0.2, 0.25) is 0 Å². The lowest BCUT2D eigenvalue weighted by Crippen LogP contribution is -2.35. The molecule has 7 aromatic carbocycles. The van der Waals surface area contributed by atoms with Crippen molar-refractivity contribution in [2.75, 3.05) is 9.80 Å². The van der Waals surface area contributed by atoms with Gasteiger partial charge in [-0.15, -0.1) is 22.7 Å². The highest BCUT2D eigenvalue weighted by Crippen LogP contribution is 2.60. The lowest BCUT2D eigenvalue weighted by atomic mass is 9.68. The first kappa shape index (κ1) is 38.9. The first-order chi connectivity index (χ1) is 30.2. The molecule has 0 radical (unpaired) electrons. The monoisotopic (exact) mass is 840 g/mol. The smallest absolute Gasteiger partial charge is 0.0540 e. The summed E-state index contributed by atoms with van der Waals surface area (Å²) >= 11 is 3.89. The fourth-order valence-electron chi connectivity index (χ4n) is 10.4. The molecule has 0 amide bonds. The Bertz CT molecular complexity index is 3150. The zero-order valence-corrected chi connectivity index (χ0v) is 38.0. The van der Waals surface area contributed by atoms with Crippen LogP contribution in [0, 0.1) is 0 Å². The van der Waals surface area contributed by atoms with Gasteiger partial charge in [0.15, 0.2) is 0 Å². The van der Waals surface area contributed by atoms with E-state index in [0.717, 1.165) is 0 Å². The summed E-state index contributed by atoms with van der Waals surface area (Å²) in [5.74, 6) is 0. The van der Waals surface area contributed by atoms with Crippen molar-refractivity contribution in [3.05, 3.63) is 191 Å². The Morgan fingerprint density at radius 1 is 0.403 bits per heavy atom. The number of fused-ring (bicyclic) bond motifs is 6. The molecule has 0 bridgehead atoms. The van der Waals surface area contributed by atoms with Crippen LogP contribution in [0.25, 0.3) is 41.7 Å². The summed E-state index contributed by atoms with van der Waals surface area (Å²) in [7, 11) is 0. The third-order valence-electron chi connectivity index (χ3n) is 13.8. The molecule has 0 spiro atoms. The van der Waals surface area contributed by atoms with Crippen molar-refractivity contribution < 1.29 is 0 Å². The lowest BCUT2D eigenvalue weighted by molar-refractivity contribution is 0.615. The summed E-state index contributed by atoms with van der Waals surface area (Å²) in [5, 5.41) is 4.99. The lowest BCUT2D eigenvalue weighted by Gasteiger charge is -2.47. The van der Waals surface area contributed by atoms with Gasteiger partial charge in [0.1, 0.15) is 0 Å². The zero-order chi connectivity index (χ0) is 42.2. The van der Waals surface area contributed by atoms with E-state index in [1.54, 1.807) is 0 Å². The number of aryl methyl sites for hydroxylation is 1. The Morgan fingerprint density at radius 2 is 0.919 bits per heavy atom. The fraction of sp³-hybridized carbons (Fsp3) is 0.207. The van der Waals surface area contributed by atoms with Gasteiger partial charge in [-0.1, -0.05) is 151 Å². The maximum Gasteiger partial charge on any atom is 0.0540 e. The minimum Gasteiger partial charge on any atom is -0.309 e. The van der Waals surface area contributed by atoms with Crippen LogP contribution in [0.1, 0.15) is 87.4 Å². The van der Waals surface area contributed by atoms with Gasteiger partial charge >= 0.3 is 0 Å². The van der Waals surface area contributed by atoms with Gasteiger partial charge in [-0.3, -0.25) is 0 Å². The first-order valence-corrected chi connectivity index (χ1v) is 24.0. The Kier molecular flexibility index (Phi) is 9.52. The van der Waals surface area contributed by atoms with Crippen LogP contribution in [0.15, 0.2) is 164 Å². The van der Waals surface area contributed by atoms with E-state index < -0.39 is 0 Å². The number of nitrogens with zero attached hydrogens (tertiary/aromatic N) is 2. The van der Waals surface area contributed by atoms with E-state index in [0.29, 0.717) is 0 Å². The first-order valence-electron chi connectivity index (χ1n) is 22.4. The topological polar surface area (TPSA) is 6.48 Å². The van der Waals surface area contributed by atoms with E-state index in [2.05, 4.69) is 208 Å². The standard InChI is InChI=1S/C58H52N2S2/c1-6-7-8-9-22-41-30-32-55(61-41)56-34-33-54(62-56)40-29-31-51-45(35-40)58(4,5)47-37-52-46(36-53(47)60(51)49-28-17-21-39-19-11-13-24-43(39)49)57(2,3)44-25-14-15-26-50(44)59(52)48-27-16-20-38-18-10-12-23-42(38)48/h10-21,23-37H,6-9,22H2,1-5H3. The number of unbranched alkanes of at least 4 members (excludes halogenated alkanes) is 3. The Labute approximate surface area is 374 Å². The van der Waals surface area contributed by atoms with Gasteiger partial charge in [-0.05, 0) is 118 Å².